The van der Waals surface area contributed by atoms with Crippen LogP contribution in [-0.4, -0.2) is 47.6 Å². The van der Waals surface area contributed by atoms with Crippen LogP contribution in [0.1, 0.15) is 23.8 Å². The molecular weight excluding hydrogens is 289 g/mol. The van der Waals surface area contributed by atoms with Crippen molar-refractivity contribution in [3.8, 4) is 0 Å². The number of alkyl halides is 3. The second-order valence-corrected chi connectivity index (χ2v) is 5.06. The first-order valence-electron chi connectivity index (χ1n) is 6.36. The largest absolute Gasteiger partial charge is 0.406 e. The third-order valence-corrected chi connectivity index (χ3v) is 2.89. The van der Waals surface area contributed by atoms with Gasteiger partial charge in [-0.3, -0.25) is 4.79 Å². The minimum Gasteiger partial charge on any atom is -0.388 e. The van der Waals surface area contributed by atoms with Gasteiger partial charge in [-0.15, -0.1) is 0 Å². The standard InChI is InChI=1S/C13H19F3N2O3/c1-12(20,5-7-21-2)8-17-11(19)10-4-3-6-18(10)9-13(14,15)16/h3-4,6,20H,5,7-9H2,1-2H3,(H,17,19). The number of carbonyl (C=O) groups excluding carboxylic acids is 1. The number of hydrogen-bond donors (Lipinski definition) is 2. The number of halogens is 3. The van der Waals surface area contributed by atoms with E-state index in [9.17, 15) is 23.1 Å². The number of aliphatic hydroxyl groups is 1. The molecule has 0 fully saturated rings. The fourth-order valence-corrected chi connectivity index (χ4v) is 1.72. The summed E-state index contributed by atoms with van der Waals surface area (Å²) in [6.45, 7) is 0.517. The zero-order valence-corrected chi connectivity index (χ0v) is 11.9. The summed E-state index contributed by atoms with van der Waals surface area (Å²) in [5.41, 5.74) is -1.29. The maximum absolute atomic E-state index is 12.4. The third-order valence-electron chi connectivity index (χ3n) is 2.89. The Morgan fingerprint density at radius 2 is 2.14 bits per heavy atom. The van der Waals surface area contributed by atoms with E-state index in [1.807, 2.05) is 0 Å². The number of aromatic nitrogens is 1. The summed E-state index contributed by atoms with van der Waals surface area (Å²) in [5.74, 6) is -0.665. The summed E-state index contributed by atoms with van der Waals surface area (Å²) in [6.07, 6.45) is -2.92. The summed E-state index contributed by atoms with van der Waals surface area (Å²) in [6, 6.07) is 2.66. The molecule has 1 unspecified atom stereocenters. The Hall–Kier alpha value is -1.54. The van der Waals surface area contributed by atoms with E-state index in [-0.39, 0.29) is 12.2 Å². The van der Waals surface area contributed by atoms with Crippen LogP contribution >= 0.6 is 0 Å². The van der Waals surface area contributed by atoms with Crippen LogP contribution in [0.3, 0.4) is 0 Å². The quantitative estimate of drug-likeness (QED) is 0.803. The maximum atomic E-state index is 12.4. The van der Waals surface area contributed by atoms with Crippen LogP contribution in [-0.2, 0) is 11.3 Å². The highest BCUT2D eigenvalue weighted by Gasteiger charge is 2.29. The van der Waals surface area contributed by atoms with Gasteiger partial charge in [-0.2, -0.15) is 13.2 Å². The van der Waals surface area contributed by atoms with E-state index in [0.29, 0.717) is 13.0 Å². The molecule has 0 bridgehead atoms. The second-order valence-electron chi connectivity index (χ2n) is 5.06. The first kappa shape index (κ1) is 17.5. The summed E-state index contributed by atoms with van der Waals surface area (Å²) >= 11 is 0. The lowest BCUT2D eigenvalue weighted by Gasteiger charge is -2.23. The number of ether oxygens (including phenoxy) is 1. The fraction of sp³-hybridized carbons (Fsp3) is 0.615. The lowest BCUT2D eigenvalue weighted by molar-refractivity contribution is -0.140. The number of carbonyl (C=O) groups is 1. The summed E-state index contributed by atoms with van der Waals surface area (Å²) in [4.78, 5) is 11.9. The molecule has 0 spiro atoms. The van der Waals surface area contributed by atoms with Gasteiger partial charge in [0.1, 0.15) is 12.2 Å². The van der Waals surface area contributed by atoms with Gasteiger partial charge in [-0.25, -0.2) is 0 Å². The Labute approximate surface area is 120 Å². The third kappa shape index (κ3) is 6.17. The fourth-order valence-electron chi connectivity index (χ4n) is 1.72. The lowest BCUT2D eigenvalue weighted by atomic mass is 10.0. The van der Waals surface area contributed by atoms with Gasteiger partial charge in [-0.1, -0.05) is 0 Å². The highest BCUT2D eigenvalue weighted by molar-refractivity contribution is 5.92. The van der Waals surface area contributed by atoms with Gasteiger partial charge in [0, 0.05) is 32.9 Å². The van der Waals surface area contributed by atoms with Crippen molar-refractivity contribution < 1.29 is 27.8 Å². The normalized spacial score (nSPS) is 14.8. The van der Waals surface area contributed by atoms with Crippen LogP contribution < -0.4 is 5.32 Å². The van der Waals surface area contributed by atoms with Crippen molar-refractivity contribution in [2.45, 2.75) is 31.7 Å². The lowest BCUT2D eigenvalue weighted by Crippen LogP contribution is -2.42. The molecule has 0 saturated heterocycles. The first-order chi connectivity index (χ1) is 9.64. The van der Waals surface area contributed by atoms with Crippen LogP contribution in [0.2, 0.25) is 0 Å². The summed E-state index contributed by atoms with van der Waals surface area (Å²) in [7, 11) is 1.48. The predicted molar refractivity (Wildman–Crippen MR) is 69.9 cm³/mol. The molecule has 1 amide bonds. The minimum absolute atomic E-state index is 0.0770. The van der Waals surface area contributed by atoms with E-state index in [2.05, 4.69) is 5.32 Å². The molecule has 5 nitrogen and oxygen atoms in total. The van der Waals surface area contributed by atoms with Gasteiger partial charge in [-0.05, 0) is 19.1 Å². The Balaban J connectivity index is 2.63. The smallest absolute Gasteiger partial charge is 0.388 e. The van der Waals surface area contributed by atoms with Crippen molar-refractivity contribution in [1.29, 1.82) is 0 Å². The van der Waals surface area contributed by atoms with Crippen molar-refractivity contribution in [3.63, 3.8) is 0 Å². The Morgan fingerprint density at radius 1 is 1.48 bits per heavy atom. The first-order valence-corrected chi connectivity index (χ1v) is 6.36. The van der Waals surface area contributed by atoms with E-state index >= 15 is 0 Å². The molecule has 0 aliphatic carbocycles. The Morgan fingerprint density at radius 3 is 2.71 bits per heavy atom. The number of nitrogens with one attached hydrogen (secondary N) is 1. The molecule has 1 aromatic rings. The van der Waals surface area contributed by atoms with Crippen LogP contribution in [0.15, 0.2) is 18.3 Å². The molecular formula is C13H19F3N2O3. The molecule has 1 heterocycles. The van der Waals surface area contributed by atoms with E-state index < -0.39 is 24.2 Å². The number of amides is 1. The van der Waals surface area contributed by atoms with Crippen LogP contribution in [0.25, 0.3) is 0 Å². The van der Waals surface area contributed by atoms with Gasteiger partial charge in [0.05, 0.1) is 5.60 Å². The topological polar surface area (TPSA) is 63.5 Å². The number of methoxy groups -OCH3 is 1. The van der Waals surface area contributed by atoms with Gasteiger partial charge in [0.2, 0.25) is 0 Å². The van der Waals surface area contributed by atoms with Gasteiger partial charge in [0.15, 0.2) is 0 Å². The zero-order chi connectivity index (χ0) is 16.1. The van der Waals surface area contributed by atoms with E-state index in [1.165, 1.54) is 32.4 Å². The highest BCUT2D eigenvalue weighted by Crippen LogP contribution is 2.19. The highest BCUT2D eigenvalue weighted by atomic mass is 19.4. The molecule has 2 N–H and O–H groups in total. The molecule has 1 atom stereocenters. The van der Waals surface area contributed by atoms with Crippen LogP contribution in [0.5, 0.6) is 0 Å². The van der Waals surface area contributed by atoms with Gasteiger partial charge in [0.25, 0.3) is 5.91 Å². The summed E-state index contributed by atoms with van der Waals surface area (Å²) < 4.78 is 42.8. The van der Waals surface area contributed by atoms with E-state index in [4.69, 9.17) is 4.74 Å². The van der Waals surface area contributed by atoms with Crippen molar-refractivity contribution in [1.82, 2.24) is 9.88 Å². The number of hydrogen-bond acceptors (Lipinski definition) is 3. The maximum Gasteiger partial charge on any atom is 0.406 e. The van der Waals surface area contributed by atoms with Crippen LogP contribution in [0.4, 0.5) is 13.2 Å². The van der Waals surface area contributed by atoms with E-state index in [0.717, 1.165) is 4.57 Å². The van der Waals surface area contributed by atoms with Crippen molar-refractivity contribution in [2.75, 3.05) is 20.3 Å². The average molecular weight is 308 g/mol. The number of nitrogens with zero attached hydrogens (tertiary/aromatic N) is 1. The molecule has 1 rings (SSSR count). The molecule has 0 saturated carbocycles. The second kappa shape index (κ2) is 6.95. The zero-order valence-electron chi connectivity index (χ0n) is 11.9. The van der Waals surface area contributed by atoms with Crippen LogP contribution in [0, 0.1) is 0 Å². The predicted octanol–water partition coefficient (Wildman–Crippen LogP) is 1.57. The Kier molecular flexibility index (Phi) is 5.79. The number of rotatable bonds is 7. The van der Waals surface area contributed by atoms with Crippen molar-refractivity contribution in [2.24, 2.45) is 0 Å². The molecule has 8 heteroatoms. The van der Waals surface area contributed by atoms with Gasteiger partial charge >= 0.3 is 6.18 Å². The van der Waals surface area contributed by atoms with E-state index in [1.54, 1.807) is 0 Å². The summed E-state index contributed by atoms with van der Waals surface area (Å²) in [5, 5.41) is 12.4. The molecule has 120 valence electrons. The minimum atomic E-state index is -4.40. The molecule has 0 radical (unpaired) electrons. The Bertz CT molecular complexity index is 469. The molecule has 1 aromatic heterocycles. The molecule has 0 aliphatic rings. The van der Waals surface area contributed by atoms with Gasteiger partial charge < -0.3 is 19.7 Å². The SMILES string of the molecule is COCCC(C)(O)CNC(=O)c1cccn1CC(F)(F)F. The average Bonchev–Trinajstić information content (AvgIpc) is 2.79. The molecule has 0 aliphatic heterocycles. The monoisotopic (exact) mass is 308 g/mol. The molecule has 0 aromatic carbocycles. The van der Waals surface area contributed by atoms with Crippen molar-refractivity contribution in [3.05, 3.63) is 24.0 Å². The van der Waals surface area contributed by atoms with Crippen molar-refractivity contribution >= 4 is 5.91 Å². The molecule has 21 heavy (non-hydrogen) atoms.